The maximum Gasteiger partial charge on any atom is 0.343 e. The second kappa shape index (κ2) is 8.77. The Morgan fingerprint density at radius 1 is 0.857 bits per heavy atom. The van der Waals surface area contributed by atoms with Crippen LogP contribution in [0, 0.1) is 5.82 Å². The second-order valence-electron chi connectivity index (χ2n) is 5.87. The first-order valence-electron chi connectivity index (χ1n) is 8.50. The molecule has 0 N–H and O–H groups in total. The summed E-state index contributed by atoms with van der Waals surface area (Å²) in [7, 11) is 1.45. The van der Waals surface area contributed by atoms with Gasteiger partial charge in [0.2, 0.25) is 0 Å². The number of ketones is 1. The number of ether oxygens (including phenoxy) is 2. The van der Waals surface area contributed by atoms with E-state index in [1.165, 1.54) is 37.5 Å². The van der Waals surface area contributed by atoms with Gasteiger partial charge in [-0.2, -0.15) is 0 Å². The van der Waals surface area contributed by atoms with E-state index in [2.05, 4.69) is 0 Å². The van der Waals surface area contributed by atoms with Gasteiger partial charge in [0.25, 0.3) is 0 Å². The van der Waals surface area contributed by atoms with Crippen molar-refractivity contribution >= 4 is 17.8 Å². The first-order chi connectivity index (χ1) is 13.6. The van der Waals surface area contributed by atoms with E-state index in [1.807, 2.05) is 6.07 Å². The molecule has 4 nitrogen and oxygen atoms in total. The van der Waals surface area contributed by atoms with Crippen LogP contribution >= 0.6 is 0 Å². The first-order valence-corrected chi connectivity index (χ1v) is 8.50. The quantitative estimate of drug-likeness (QED) is 0.264. The molecule has 0 bridgehead atoms. The van der Waals surface area contributed by atoms with E-state index >= 15 is 0 Å². The summed E-state index contributed by atoms with van der Waals surface area (Å²) in [6.45, 7) is 0. The molecule has 140 valence electrons. The third-order valence-electron chi connectivity index (χ3n) is 3.96. The van der Waals surface area contributed by atoms with Crippen LogP contribution in [0.5, 0.6) is 11.5 Å². The van der Waals surface area contributed by atoms with E-state index in [0.717, 1.165) is 0 Å². The Labute approximate surface area is 161 Å². The molecular formula is C23H17FO4. The summed E-state index contributed by atoms with van der Waals surface area (Å²) < 4.78 is 23.6. The zero-order valence-corrected chi connectivity index (χ0v) is 15.1. The molecule has 0 unspecified atom stereocenters. The van der Waals surface area contributed by atoms with Crippen molar-refractivity contribution in [3.8, 4) is 11.5 Å². The van der Waals surface area contributed by atoms with Crippen molar-refractivity contribution < 1.29 is 23.5 Å². The van der Waals surface area contributed by atoms with Crippen molar-refractivity contribution in [1.29, 1.82) is 0 Å². The van der Waals surface area contributed by atoms with Gasteiger partial charge in [-0.25, -0.2) is 9.18 Å². The molecule has 0 heterocycles. The van der Waals surface area contributed by atoms with Crippen LogP contribution in [-0.4, -0.2) is 18.9 Å². The Kier molecular flexibility index (Phi) is 5.97. The van der Waals surface area contributed by atoms with Crippen LogP contribution in [0.25, 0.3) is 6.08 Å². The van der Waals surface area contributed by atoms with Gasteiger partial charge in [-0.3, -0.25) is 4.79 Å². The van der Waals surface area contributed by atoms with E-state index in [4.69, 9.17) is 9.47 Å². The van der Waals surface area contributed by atoms with Crippen molar-refractivity contribution in [1.82, 2.24) is 0 Å². The van der Waals surface area contributed by atoms with Crippen LogP contribution < -0.4 is 9.47 Å². The summed E-state index contributed by atoms with van der Waals surface area (Å²) in [5, 5.41) is 0. The molecule has 0 spiro atoms. The number of halogens is 1. The molecule has 3 rings (SSSR count). The van der Waals surface area contributed by atoms with Gasteiger partial charge in [0.1, 0.15) is 5.82 Å². The highest BCUT2D eigenvalue weighted by molar-refractivity contribution is 6.06. The molecule has 0 saturated heterocycles. The monoisotopic (exact) mass is 376 g/mol. The minimum absolute atomic E-state index is 0.119. The first kappa shape index (κ1) is 19.0. The summed E-state index contributed by atoms with van der Waals surface area (Å²) in [4.78, 5) is 24.3. The summed E-state index contributed by atoms with van der Waals surface area (Å²) >= 11 is 0. The van der Waals surface area contributed by atoms with Gasteiger partial charge in [0.15, 0.2) is 17.3 Å². The molecule has 0 aliphatic carbocycles. The summed E-state index contributed by atoms with van der Waals surface area (Å²) in [6.07, 6.45) is 3.12. The van der Waals surface area contributed by atoms with Gasteiger partial charge in [-0.1, -0.05) is 42.5 Å². The lowest BCUT2D eigenvalue weighted by atomic mass is 10.1. The van der Waals surface area contributed by atoms with Crippen LogP contribution in [0.4, 0.5) is 4.39 Å². The van der Waals surface area contributed by atoms with E-state index in [9.17, 15) is 14.0 Å². The molecule has 0 fully saturated rings. The summed E-state index contributed by atoms with van der Waals surface area (Å²) in [5.41, 5.74) is 1.53. The third-order valence-corrected chi connectivity index (χ3v) is 3.96. The fraction of sp³-hybridized carbons (Fsp3) is 0.0435. The average molecular weight is 376 g/mol. The molecule has 0 aliphatic heterocycles. The lowest BCUT2D eigenvalue weighted by Gasteiger charge is -2.10. The van der Waals surface area contributed by atoms with E-state index in [-0.39, 0.29) is 17.1 Å². The zero-order valence-electron chi connectivity index (χ0n) is 15.1. The molecule has 0 aromatic heterocycles. The molecule has 3 aromatic carbocycles. The minimum Gasteiger partial charge on any atom is -0.493 e. The van der Waals surface area contributed by atoms with Gasteiger partial charge < -0.3 is 9.47 Å². The summed E-state index contributed by atoms with van der Waals surface area (Å²) in [6, 6.07) is 18.9. The predicted octanol–water partition coefficient (Wildman–Crippen LogP) is 4.95. The van der Waals surface area contributed by atoms with Gasteiger partial charge >= 0.3 is 5.97 Å². The fourth-order valence-corrected chi connectivity index (χ4v) is 2.49. The van der Waals surface area contributed by atoms with E-state index in [1.54, 1.807) is 48.5 Å². The predicted molar refractivity (Wildman–Crippen MR) is 104 cm³/mol. The minimum atomic E-state index is -0.624. The molecule has 5 heteroatoms. The van der Waals surface area contributed by atoms with Crippen LogP contribution in [0.1, 0.15) is 26.3 Å². The maximum atomic E-state index is 13.0. The average Bonchev–Trinajstić information content (AvgIpc) is 2.73. The number of hydrogen-bond acceptors (Lipinski definition) is 4. The molecule has 0 atom stereocenters. The van der Waals surface area contributed by atoms with E-state index < -0.39 is 11.8 Å². The maximum absolute atomic E-state index is 13.0. The molecule has 0 saturated carbocycles. The molecular weight excluding hydrogens is 359 g/mol. The lowest BCUT2D eigenvalue weighted by Crippen LogP contribution is -2.09. The smallest absolute Gasteiger partial charge is 0.343 e. The Balaban J connectivity index is 1.75. The Morgan fingerprint density at radius 2 is 1.57 bits per heavy atom. The number of rotatable bonds is 6. The molecule has 0 radical (unpaired) electrons. The number of allylic oxidation sites excluding steroid dienone is 1. The van der Waals surface area contributed by atoms with Crippen molar-refractivity contribution in [3.63, 3.8) is 0 Å². The summed E-state index contributed by atoms with van der Waals surface area (Å²) in [5.74, 6) is -0.615. The number of carbonyl (C=O) groups excluding carboxylic acids is 2. The normalized spacial score (nSPS) is 10.6. The number of methoxy groups -OCH3 is 1. The van der Waals surface area contributed by atoms with Crippen molar-refractivity contribution in [3.05, 3.63) is 101 Å². The Hall–Kier alpha value is -3.73. The molecule has 28 heavy (non-hydrogen) atoms. The van der Waals surface area contributed by atoms with Gasteiger partial charge in [-0.05, 0) is 48.0 Å². The van der Waals surface area contributed by atoms with Gasteiger partial charge in [0, 0.05) is 5.56 Å². The van der Waals surface area contributed by atoms with Crippen LogP contribution in [-0.2, 0) is 0 Å². The fourth-order valence-electron chi connectivity index (χ4n) is 2.49. The number of esters is 1. The highest BCUT2D eigenvalue weighted by atomic mass is 19.1. The van der Waals surface area contributed by atoms with Crippen molar-refractivity contribution in [2.75, 3.05) is 7.11 Å². The Bertz CT molecular complexity index is 1010. The SMILES string of the molecule is COc1cc(/C=C/C(=O)c2ccccc2)ccc1OC(=O)c1ccc(F)cc1. The largest absolute Gasteiger partial charge is 0.493 e. The standard InChI is InChI=1S/C23H17FO4/c1-27-22-15-16(7-13-20(25)17-5-3-2-4-6-17)8-14-21(22)28-23(26)18-9-11-19(24)12-10-18/h2-15H,1H3/b13-7+. The lowest BCUT2D eigenvalue weighted by molar-refractivity contribution is 0.0729. The van der Waals surface area contributed by atoms with Crippen LogP contribution in [0.15, 0.2) is 78.9 Å². The highest BCUT2D eigenvalue weighted by Crippen LogP contribution is 2.29. The molecule has 0 aliphatic rings. The third kappa shape index (κ3) is 4.71. The topological polar surface area (TPSA) is 52.6 Å². The van der Waals surface area contributed by atoms with Crippen molar-refractivity contribution in [2.24, 2.45) is 0 Å². The zero-order chi connectivity index (χ0) is 19.9. The molecule has 3 aromatic rings. The van der Waals surface area contributed by atoms with E-state index in [0.29, 0.717) is 16.9 Å². The number of carbonyl (C=O) groups is 2. The number of hydrogen-bond donors (Lipinski definition) is 0. The Morgan fingerprint density at radius 3 is 2.25 bits per heavy atom. The van der Waals surface area contributed by atoms with Gasteiger partial charge in [0.05, 0.1) is 12.7 Å². The van der Waals surface area contributed by atoms with Crippen LogP contribution in [0.2, 0.25) is 0 Å². The second-order valence-corrected chi connectivity index (χ2v) is 5.87. The van der Waals surface area contributed by atoms with Gasteiger partial charge in [-0.15, -0.1) is 0 Å². The van der Waals surface area contributed by atoms with Crippen LogP contribution in [0.3, 0.4) is 0 Å². The highest BCUT2D eigenvalue weighted by Gasteiger charge is 2.13. The number of benzene rings is 3. The molecule has 0 amide bonds. The van der Waals surface area contributed by atoms with Crippen molar-refractivity contribution in [2.45, 2.75) is 0 Å².